The molecule has 7 nitrogen and oxygen atoms in total. The van der Waals surface area contributed by atoms with Crippen LogP contribution in [0.1, 0.15) is 37.5 Å². The molecule has 24 heavy (non-hydrogen) atoms. The van der Waals surface area contributed by atoms with Gasteiger partial charge >= 0.3 is 0 Å². The summed E-state index contributed by atoms with van der Waals surface area (Å²) < 4.78 is 16.7. The number of fused-ring (bicyclic) bond motifs is 1. The number of aryl methyl sites for hydroxylation is 1. The van der Waals surface area contributed by atoms with E-state index in [1.54, 1.807) is 4.90 Å². The molecule has 1 aromatic heterocycles. The number of ether oxygens (including phenoxy) is 2. The summed E-state index contributed by atoms with van der Waals surface area (Å²) in [6.45, 7) is 2.84. The molecule has 2 aliphatic heterocycles. The van der Waals surface area contributed by atoms with Crippen LogP contribution in [-0.4, -0.2) is 40.2 Å². The van der Waals surface area contributed by atoms with E-state index < -0.39 is 6.10 Å². The second kappa shape index (κ2) is 6.14. The Labute approximate surface area is 139 Å². The molecule has 1 fully saturated rings. The van der Waals surface area contributed by atoms with E-state index in [2.05, 4.69) is 10.1 Å². The van der Waals surface area contributed by atoms with Gasteiger partial charge < -0.3 is 18.9 Å². The number of carbonyl (C=O) groups excluding carboxylic acids is 1. The summed E-state index contributed by atoms with van der Waals surface area (Å²) in [5.74, 6) is 2.36. The zero-order valence-electron chi connectivity index (χ0n) is 13.5. The van der Waals surface area contributed by atoms with Crippen LogP contribution in [0.2, 0.25) is 0 Å². The van der Waals surface area contributed by atoms with Crippen molar-refractivity contribution in [3.05, 3.63) is 36.0 Å². The van der Waals surface area contributed by atoms with Crippen molar-refractivity contribution in [2.75, 3.05) is 13.2 Å². The fourth-order valence-electron chi connectivity index (χ4n) is 3.17. The second-order valence-corrected chi connectivity index (χ2v) is 5.95. The summed E-state index contributed by atoms with van der Waals surface area (Å²) in [5, 5.41) is 4.03. The standard InChI is InChI=1S/C17H19N3O4/c1-2-15-18-16(19-24-15)11-6-5-9-20(11)17(21)14-10-22-12-7-3-4-8-13(12)23-14/h3-4,7-8,11,14H,2,5-6,9-10H2,1H3/t11-,14+/m0/s1. The van der Waals surface area contributed by atoms with Gasteiger partial charge in [0.25, 0.3) is 5.91 Å². The van der Waals surface area contributed by atoms with Gasteiger partial charge in [0, 0.05) is 13.0 Å². The van der Waals surface area contributed by atoms with Crippen LogP contribution < -0.4 is 9.47 Å². The first-order chi connectivity index (χ1) is 11.8. The Morgan fingerprint density at radius 1 is 1.33 bits per heavy atom. The van der Waals surface area contributed by atoms with Crippen LogP contribution in [0.5, 0.6) is 11.5 Å². The molecular weight excluding hydrogens is 310 g/mol. The number of benzene rings is 1. The summed E-state index contributed by atoms with van der Waals surface area (Å²) in [7, 11) is 0. The first kappa shape index (κ1) is 15.0. The summed E-state index contributed by atoms with van der Waals surface area (Å²) >= 11 is 0. The molecule has 1 amide bonds. The Kier molecular flexibility index (Phi) is 3.84. The van der Waals surface area contributed by atoms with Gasteiger partial charge in [-0.1, -0.05) is 24.2 Å². The highest BCUT2D eigenvalue weighted by Crippen LogP contribution is 2.34. The Morgan fingerprint density at radius 3 is 2.96 bits per heavy atom. The van der Waals surface area contributed by atoms with E-state index in [1.165, 1.54) is 0 Å². The minimum atomic E-state index is -0.641. The fraction of sp³-hybridized carbons (Fsp3) is 0.471. The van der Waals surface area contributed by atoms with E-state index in [0.29, 0.717) is 36.2 Å². The second-order valence-electron chi connectivity index (χ2n) is 5.95. The van der Waals surface area contributed by atoms with Gasteiger partial charge in [0.2, 0.25) is 12.0 Å². The third-order valence-corrected chi connectivity index (χ3v) is 4.40. The number of hydrogen-bond donors (Lipinski definition) is 0. The lowest BCUT2D eigenvalue weighted by atomic mass is 10.2. The Morgan fingerprint density at radius 2 is 2.17 bits per heavy atom. The van der Waals surface area contributed by atoms with Gasteiger partial charge in [-0.15, -0.1) is 0 Å². The van der Waals surface area contributed by atoms with Gasteiger partial charge in [-0.3, -0.25) is 4.79 Å². The number of rotatable bonds is 3. The van der Waals surface area contributed by atoms with Crippen LogP contribution in [0, 0.1) is 0 Å². The van der Waals surface area contributed by atoms with Crippen molar-refractivity contribution >= 4 is 5.91 Å². The number of para-hydroxylation sites is 2. The molecule has 0 unspecified atom stereocenters. The van der Waals surface area contributed by atoms with E-state index in [0.717, 1.165) is 12.8 Å². The molecule has 2 aromatic rings. The molecule has 2 aliphatic rings. The minimum absolute atomic E-state index is 0.0881. The third kappa shape index (κ3) is 2.60. The molecule has 0 radical (unpaired) electrons. The molecule has 1 saturated heterocycles. The van der Waals surface area contributed by atoms with E-state index in [9.17, 15) is 4.79 Å². The summed E-state index contributed by atoms with van der Waals surface area (Å²) in [4.78, 5) is 19.1. The Bertz CT molecular complexity index is 745. The van der Waals surface area contributed by atoms with Crippen molar-refractivity contribution < 1.29 is 18.8 Å². The van der Waals surface area contributed by atoms with Gasteiger partial charge in [0.1, 0.15) is 6.61 Å². The van der Waals surface area contributed by atoms with Crippen molar-refractivity contribution in [3.63, 3.8) is 0 Å². The van der Waals surface area contributed by atoms with E-state index >= 15 is 0 Å². The molecule has 0 aliphatic carbocycles. The monoisotopic (exact) mass is 329 g/mol. The molecule has 2 atom stereocenters. The SMILES string of the molecule is CCc1nc([C@@H]2CCCN2C(=O)[C@H]2COc3ccccc3O2)no1. The highest BCUT2D eigenvalue weighted by atomic mass is 16.6. The Balaban J connectivity index is 1.51. The average Bonchev–Trinajstić information content (AvgIpc) is 3.29. The topological polar surface area (TPSA) is 77.7 Å². The van der Waals surface area contributed by atoms with Gasteiger partial charge in [-0.05, 0) is 25.0 Å². The van der Waals surface area contributed by atoms with Crippen LogP contribution in [0.3, 0.4) is 0 Å². The lowest BCUT2D eigenvalue weighted by Crippen LogP contribution is -2.46. The van der Waals surface area contributed by atoms with Crippen molar-refractivity contribution in [1.82, 2.24) is 15.0 Å². The smallest absolute Gasteiger partial charge is 0.267 e. The van der Waals surface area contributed by atoms with Crippen LogP contribution in [-0.2, 0) is 11.2 Å². The average molecular weight is 329 g/mol. The molecule has 0 N–H and O–H groups in total. The first-order valence-electron chi connectivity index (χ1n) is 8.27. The van der Waals surface area contributed by atoms with Crippen LogP contribution in [0.25, 0.3) is 0 Å². The van der Waals surface area contributed by atoms with Gasteiger partial charge in [-0.2, -0.15) is 4.98 Å². The zero-order valence-corrected chi connectivity index (χ0v) is 13.5. The van der Waals surface area contributed by atoms with Gasteiger partial charge in [-0.25, -0.2) is 0 Å². The minimum Gasteiger partial charge on any atom is -0.485 e. The predicted octanol–water partition coefficient (Wildman–Crippen LogP) is 2.14. The molecule has 4 rings (SSSR count). The predicted molar refractivity (Wildman–Crippen MR) is 83.7 cm³/mol. The number of amides is 1. The van der Waals surface area contributed by atoms with Crippen molar-refractivity contribution in [2.24, 2.45) is 0 Å². The molecule has 1 aromatic carbocycles. The summed E-state index contributed by atoms with van der Waals surface area (Å²) in [5.41, 5.74) is 0. The maximum absolute atomic E-state index is 12.9. The summed E-state index contributed by atoms with van der Waals surface area (Å²) in [6, 6.07) is 7.23. The number of likely N-dealkylation sites (tertiary alicyclic amines) is 1. The molecular formula is C17H19N3O4. The highest BCUT2D eigenvalue weighted by molar-refractivity contribution is 5.82. The van der Waals surface area contributed by atoms with Gasteiger partial charge in [0.05, 0.1) is 6.04 Å². The largest absolute Gasteiger partial charge is 0.485 e. The lowest BCUT2D eigenvalue weighted by molar-refractivity contribution is -0.142. The van der Waals surface area contributed by atoms with E-state index in [1.807, 2.05) is 31.2 Å². The maximum Gasteiger partial charge on any atom is 0.267 e. The van der Waals surface area contributed by atoms with E-state index in [4.69, 9.17) is 14.0 Å². The maximum atomic E-state index is 12.9. The number of carbonyl (C=O) groups is 1. The molecule has 0 saturated carbocycles. The molecule has 0 bridgehead atoms. The fourth-order valence-corrected chi connectivity index (χ4v) is 3.17. The van der Waals surface area contributed by atoms with Crippen LogP contribution in [0.4, 0.5) is 0 Å². The number of hydrogen-bond acceptors (Lipinski definition) is 6. The normalized spacial score (nSPS) is 22.6. The zero-order chi connectivity index (χ0) is 16.5. The van der Waals surface area contributed by atoms with Crippen molar-refractivity contribution in [2.45, 2.75) is 38.3 Å². The molecule has 0 spiro atoms. The summed E-state index contributed by atoms with van der Waals surface area (Å²) in [6.07, 6.45) is 1.79. The van der Waals surface area contributed by atoms with E-state index in [-0.39, 0.29) is 18.6 Å². The highest BCUT2D eigenvalue weighted by Gasteiger charge is 2.39. The van der Waals surface area contributed by atoms with Crippen molar-refractivity contribution in [1.29, 1.82) is 0 Å². The first-order valence-corrected chi connectivity index (χ1v) is 8.27. The molecule has 126 valence electrons. The molecule has 7 heteroatoms. The third-order valence-electron chi connectivity index (χ3n) is 4.40. The Hall–Kier alpha value is -2.57. The van der Waals surface area contributed by atoms with Crippen molar-refractivity contribution in [3.8, 4) is 11.5 Å². The van der Waals surface area contributed by atoms with Crippen LogP contribution in [0.15, 0.2) is 28.8 Å². The number of aromatic nitrogens is 2. The quantitative estimate of drug-likeness (QED) is 0.858. The lowest BCUT2D eigenvalue weighted by Gasteiger charge is -2.30. The van der Waals surface area contributed by atoms with Gasteiger partial charge in [0.15, 0.2) is 17.3 Å². The molecule has 3 heterocycles. The number of nitrogens with zero attached hydrogens (tertiary/aromatic N) is 3. The van der Waals surface area contributed by atoms with Crippen LogP contribution >= 0.6 is 0 Å².